The van der Waals surface area contributed by atoms with Gasteiger partial charge in [-0.15, -0.1) is 0 Å². The summed E-state index contributed by atoms with van der Waals surface area (Å²) in [5.41, 5.74) is 2.74. The predicted molar refractivity (Wildman–Crippen MR) is 109 cm³/mol. The van der Waals surface area contributed by atoms with Crippen LogP contribution in [0.5, 0.6) is 11.5 Å². The molecule has 8 heteroatoms. The number of H-pyrrole nitrogens is 1. The van der Waals surface area contributed by atoms with Gasteiger partial charge in [-0.1, -0.05) is 18.2 Å². The van der Waals surface area contributed by atoms with Crippen LogP contribution in [0.25, 0.3) is 11.3 Å². The monoisotopic (exact) mass is 395 g/mol. The van der Waals surface area contributed by atoms with Gasteiger partial charge in [-0.2, -0.15) is 5.10 Å². The fourth-order valence-corrected chi connectivity index (χ4v) is 2.68. The number of hydrogen-bond acceptors (Lipinski definition) is 6. The third-order valence-electron chi connectivity index (χ3n) is 4.18. The Labute approximate surface area is 167 Å². The van der Waals surface area contributed by atoms with Gasteiger partial charge in [-0.05, 0) is 35.9 Å². The molecule has 3 rings (SSSR count). The molecule has 1 heterocycles. The van der Waals surface area contributed by atoms with Crippen molar-refractivity contribution >= 4 is 11.8 Å². The number of nitrogens with zero attached hydrogens (tertiary/aromatic N) is 1. The Morgan fingerprint density at radius 2 is 1.76 bits per heavy atom. The highest BCUT2D eigenvalue weighted by atomic mass is 16.5. The average Bonchev–Trinajstić information content (AvgIpc) is 2.75. The zero-order valence-corrected chi connectivity index (χ0v) is 16.1. The van der Waals surface area contributed by atoms with Crippen LogP contribution < -0.4 is 20.3 Å². The van der Waals surface area contributed by atoms with Gasteiger partial charge in [0.2, 0.25) is 0 Å². The number of amides is 1. The number of ether oxygens (including phenoxy) is 3. The molecule has 0 fully saturated rings. The Morgan fingerprint density at radius 3 is 2.41 bits per heavy atom. The molecule has 1 aromatic heterocycles. The van der Waals surface area contributed by atoms with Crippen LogP contribution in [0.3, 0.4) is 0 Å². The SMILES string of the molecule is COc1ccc(CCOC(=O)Nc2ccc(-c3ccc(=O)[nH]n3)cc2)cc1OC. The van der Waals surface area contributed by atoms with E-state index < -0.39 is 6.09 Å². The van der Waals surface area contributed by atoms with Crippen molar-refractivity contribution in [2.75, 3.05) is 26.1 Å². The minimum atomic E-state index is -0.541. The molecule has 0 saturated carbocycles. The predicted octanol–water partition coefficient (Wildman–Crippen LogP) is 3.25. The third kappa shape index (κ3) is 5.35. The van der Waals surface area contributed by atoms with Gasteiger partial charge in [-0.3, -0.25) is 10.1 Å². The number of methoxy groups -OCH3 is 2. The van der Waals surface area contributed by atoms with Crippen molar-refractivity contribution in [2.24, 2.45) is 0 Å². The lowest BCUT2D eigenvalue weighted by atomic mass is 10.1. The molecule has 150 valence electrons. The van der Waals surface area contributed by atoms with Crippen LogP contribution in [0.1, 0.15) is 5.56 Å². The van der Waals surface area contributed by atoms with E-state index in [9.17, 15) is 9.59 Å². The number of anilines is 1. The van der Waals surface area contributed by atoms with E-state index in [2.05, 4.69) is 15.5 Å². The van der Waals surface area contributed by atoms with Crippen molar-refractivity contribution in [3.05, 3.63) is 70.5 Å². The van der Waals surface area contributed by atoms with Gasteiger partial charge in [-0.25, -0.2) is 9.89 Å². The van der Waals surface area contributed by atoms with Crippen LogP contribution in [0.15, 0.2) is 59.4 Å². The molecule has 0 aliphatic rings. The van der Waals surface area contributed by atoms with Crippen LogP contribution >= 0.6 is 0 Å². The number of aromatic nitrogens is 2. The fourth-order valence-electron chi connectivity index (χ4n) is 2.68. The van der Waals surface area contributed by atoms with Crippen molar-refractivity contribution in [1.82, 2.24) is 10.2 Å². The van der Waals surface area contributed by atoms with E-state index in [0.717, 1.165) is 11.1 Å². The van der Waals surface area contributed by atoms with Crippen molar-refractivity contribution < 1.29 is 19.0 Å². The highest BCUT2D eigenvalue weighted by Gasteiger charge is 2.07. The van der Waals surface area contributed by atoms with Crippen molar-refractivity contribution in [3.8, 4) is 22.8 Å². The third-order valence-corrected chi connectivity index (χ3v) is 4.18. The largest absolute Gasteiger partial charge is 0.493 e. The Bertz CT molecular complexity index is 1010. The van der Waals surface area contributed by atoms with Crippen LogP contribution in [-0.4, -0.2) is 37.1 Å². The molecule has 3 aromatic rings. The average molecular weight is 395 g/mol. The first kappa shape index (κ1) is 19.9. The van der Waals surface area contributed by atoms with Crippen LogP contribution in [0.4, 0.5) is 10.5 Å². The Kier molecular flexibility index (Phi) is 6.47. The molecule has 0 bridgehead atoms. The number of benzene rings is 2. The number of nitrogens with one attached hydrogen (secondary N) is 2. The van der Waals surface area contributed by atoms with Gasteiger partial charge in [0.1, 0.15) is 0 Å². The molecule has 0 atom stereocenters. The molecule has 29 heavy (non-hydrogen) atoms. The van der Waals surface area contributed by atoms with Gasteiger partial charge in [0.15, 0.2) is 11.5 Å². The minimum Gasteiger partial charge on any atom is -0.493 e. The molecule has 2 aromatic carbocycles. The van der Waals surface area contributed by atoms with E-state index in [1.165, 1.54) is 6.07 Å². The first-order chi connectivity index (χ1) is 14.1. The van der Waals surface area contributed by atoms with Gasteiger partial charge >= 0.3 is 6.09 Å². The van der Waals surface area contributed by atoms with E-state index >= 15 is 0 Å². The molecular weight excluding hydrogens is 374 g/mol. The van der Waals surface area contributed by atoms with Crippen molar-refractivity contribution in [2.45, 2.75) is 6.42 Å². The van der Waals surface area contributed by atoms with E-state index in [1.54, 1.807) is 44.6 Å². The standard InChI is InChI=1S/C21H21N3O5/c1-27-18-9-3-14(13-19(18)28-2)11-12-29-21(26)22-16-6-4-15(5-7-16)17-8-10-20(25)24-23-17/h3-10,13H,11-12H2,1-2H3,(H,22,26)(H,24,25). The molecular formula is C21H21N3O5. The summed E-state index contributed by atoms with van der Waals surface area (Å²) >= 11 is 0. The van der Waals surface area contributed by atoms with E-state index in [4.69, 9.17) is 14.2 Å². The maximum atomic E-state index is 12.0. The first-order valence-electron chi connectivity index (χ1n) is 8.90. The zero-order valence-electron chi connectivity index (χ0n) is 16.1. The van der Waals surface area contributed by atoms with Gasteiger partial charge in [0, 0.05) is 23.7 Å². The second-order valence-corrected chi connectivity index (χ2v) is 6.08. The number of hydrogen-bond donors (Lipinski definition) is 2. The summed E-state index contributed by atoms with van der Waals surface area (Å²) in [6.45, 7) is 0.223. The van der Waals surface area contributed by atoms with Crippen molar-refractivity contribution in [1.29, 1.82) is 0 Å². The normalized spacial score (nSPS) is 10.3. The lowest BCUT2D eigenvalue weighted by molar-refractivity contribution is 0.163. The Balaban J connectivity index is 1.50. The number of carbonyl (C=O) groups excluding carboxylic acids is 1. The zero-order chi connectivity index (χ0) is 20.6. The highest BCUT2D eigenvalue weighted by molar-refractivity contribution is 5.85. The highest BCUT2D eigenvalue weighted by Crippen LogP contribution is 2.27. The topological polar surface area (TPSA) is 103 Å². The first-order valence-corrected chi connectivity index (χ1v) is 8.90. The molecule has 0 unspecified atom stereocenters. The number of rotatable bonds is 7. The molecule has 0 aliphatic heterocycles. The van der Waals surface area contributed by atoms with Crippen LogP contribution in [0, 0.1) is 0 Å². The Hall–Kier alpha value is -3.81. The summed E-state index contributed by atoms with van der Waals surface area (Å²) in [5.74, 6) is 1.28. The van der Waals surface area contributed by atoms with Crippen LogP contribution in [0.2, 0.25) is 0 Å². The van der Waals surface area contributed by atoms with Crippen molar-refractivity contribution in [3.63, 3.8) is 0 Å². The van der Waals surface area contributed by atoms with Gasteiger partial charge in [0.25, 0.3) is 5.56 Å². The molecule has 0 aliphatic carbocycles. The minimum absolute atomic E-state index is 0.223. The van der Waals surface area contributed by atoms with E-state index in [1.807, 2.05) is 18.2 Å². The summed E-state index contributed by atoms with van der Waals surface area (Å²) in [6.07, 6.45) is 0.00492. The summed E-state index contributed by atoms with van der Waals surface area (Å²) in [5, 5.41) is 9.02. The molecule has 0 spiro atoms. The lowest BCUT2D eigenvalue weighted by Crippen LogP contribution is -2.15. The molecule has 1 amide bonds. The Morgan fingerprint density at radius 1 is 1.00 bits per heavy atom. The second-order valence-electron chi connectivity index (χ2n) is 6.08. The molecule has 8 nitrogen and oxygen atoms in total. The second kappa shape index (κ2) is 9.41. The van der Waals surface area contributed by atoms with E-state index in [0.29, 0.717) is 29.3 Å². The summed E-state index contributed by atoms with van der Waals surface area (Å²) in [6, 6.07) is 15.6. The maximum Gasteiger partial charge on any atom is 0.411 e. The summed E-state index contributed by atoms with van der Waals surface area (Å²) in [7, 11) is 3.15. The summed E-state index contributed by atoms with van der Waals surface area (Å²) in [4.78, 5) is 23.1. The molecule has 2 N–H and O–H groups in total. The molecule has 0 saturated heterocycles. The van der Waals surface area contributed by atoms with Gasteiger partial charge in [0.05, 0.1) is 26.5 Å². The molecule has 0 radical (unpaired) electrons. The maximum absolute atomic E-state index is 12.0. The van der Waals surface area contributed by atoms with Crippen LogP contribution in [-0.2, 0) is 11.2 Å². The number of aromatic amines is 1. The van der Waals surface area contributed by atoms with Gasteiger partial charge < -0.3 is 14.2 Å². The summed E-state index contributed by atoms with van der Waals surface area (Å²) < 4.78 is 15.7. The quantitative estimate of drug-likeness (QED) is 0.637. The van der Waals surface area contributed by atoms with E-state index in [-0.39, 0.29) is 12.2 Å². The lowest BCUT2D eigenvalue weighted by Gasteiger charge is -2.10. The number of carbonyl (C=O) groups is 1. The fraction of sp³-hybridized carbons (Fsp3) is 0.190. The smallest absolute Gasteiger partial charge is 0.411 e.